The summed E-state index contributed by atoms with van der Waals surface area (Å²) in [5.41, 5.74) is 0.921. The zero-order valence-electron chi connectivity index (χ0n) is 11.7. The van der Waals surface area contributed by atoms with Crippen LogP contribution in [0.15, 0.2) is 12.1 Å². The van der Waals surface area contributed by atoms with E-state index in [0.717, 1.165) is 11.5 Å². The van der Waals surface area contributed by atoms with Crippen LogP contribution in [0.4, 0.5) is 19.0 Å². The highest BCUT2D eigenvalue weighted by molar-refractivity contribution is 5.38. The summed E-state index contributed by atoms with van der Waals surface area (Å²) in [4.78, 5) is 3.40. The highest BCUT2D eigenvalue weighted by Gasteiger charge is 2.32. The third-order valence-corrected chi connectivity index (χ3v) is 3.36. The molecule has 0 spiro atoms. The van der Waals surface area contributed by atoms with E-state index in [1.807, 2.05) is 30.9 Å². The van der Waals surface area contributed by atoms with Crippen LogP contribution in [0.5, 0.6) is 0 Å². The molecule has 0 aromatic carbocycles. The number of hydrogen-bond donors (Lipinski definition) is 0. The molecule has 0 bridgehead atoms. The van der Waals surface area contributed by atoms with Crippen LogP contribution in [0.25, 0.3) is 0 Å². The Labute approximate surface area is 116 Å². The number of anilines is 1. The van der Waals surface area contributed by atoms with Crippen LogP contribution in [-0.4, -0.2) is 54.0 Å². The Hall–Kier alpha value is -1.37. The molecule has 7 heteroatoms. The maximum Gasteiger partial charge on any atom is 0.401 e. The second-order valence-corrected chi connectivity index (χ2v) is 5.35. The van der Waals surface area contributed by atoms with E-state index in [9.17, 15) is 13.2 Å². The lowest BCUT2D eigenvalue weighted by molar-refractivity contribution is -0.146. The fraction of sp³-hybridized carbons (Fsp3) is 0.692. The molecule has 0 atom stereocenters. The highest BCUT2D eigenvalue weighted by atomic mass is 19.4. The minimum absolute atomic E-state index is 0.320. The number of piperazine rings is 1. The van der Waals surface area contributed by atoms with Crippen LogP contribution < -0.4 is 4.90 Å². The molecule has 1 aromatic heterocycles. The number of aromatic nitrogens is 2. The van der Waals surface area contributed by atoms with Crippen molar-refractivity contribution in [3.63, 3.8) is 0 Å². The van der Waals surface area contributed by atoms with E-state index in [2.05, 4.69) is 10.2 Å². The first-order valence-corrected chi connectivity index (χ1v) is 6.73. The molecule has 1 aliphatic heterocycles. The molecular weight excluding hydrogens is 269 g/mol. The summed E-state index contributed by atoms with van der Waals surface area (Å²) >= 11 is 0. The zero-order chi connectivity index (χ0) is 14.8. The Morgan fingerprint density at radius 3 is 2.20 bits per heavy atom. The van der Waals surface area contributed by atoms with Crippen molar-refractivity contribution in [3.05, 3.63) is 17.8 Å². The van der Waals surface area contributed by atoms with Gasteiger partial charge in [-0.05, 0) is 18.1 Å². The van der Waals surface area contributed by atoms with E-state index in [4.69, 9.17) is 0 Å². The maximum atomic E-state index is 12.3. The Morgan fingerprint density at radius 2 is 1.75 bits per heavy atom. The van der Waals surface area contributed by atoms with Crippen molar-refractivity contribution >= 4 is 5.82 Å². The van der Waals surface area contributed by atoms with Gasteiger partial charge < -0.3 is 4.90 Å². The molecule has 1 saturated heterocycles. The van der Waals surface area contributed by atoms with Crippen LogP contribution in [0, 0.1) is 0 Å². The van der Waals surface area contributed by atoms with Crippen molar-refractivity contribution in [2.24, 2.45) is 0 Å². The van der Waals surface area contributed by atoms with Gasteiger partial charge in [0.05, 0.1) is 12.2 Å². The molecule has 0 aliphatic carbocycles. The number of alkyl halides is 3. The van der Waals surface area contributed by atoms with Crippen molar-refractivity contribution in [2.45, 2.75) is 25.9 Å². The smallest absolute Gasteiger partial charge is 0.353 e. The molecule has 1 aliphatic rings. The van der Waals surface area contributed by atoms with Gasteiger partial charge in [0, 0.05) is 26.2 Å². The lowest BCUT2D eigenvalue weighted by atomic mass is 10.1. The van der Waals surface area contributed by atoms with Gasteiger partial charge in [0.1, 0.15) is 0 Å². The molecule has 0 amide bonds. The topological polar surface area (TPSA) is 32.3 Å². The van der Waals surface area contributed by atoms with Gasteiger partial charge in [-0.25, -0.2) is 0 Å². The van der Waals surface area contributed by atoms with E-state index in [1.165, 1.54) is 4.90 Å². The number of rotatable bonds is 3. The van der Waals surface area contributed by atoms with Crippen LogP contribution in [0.2, 0.25) is 0 Å². The molecule has 0 N–H and O–H groups in total. The Bertz CT molecular complexity index is 422. The SMILES string of the molecule is CC(C)c1ccc(N2CCN(CC(F)(F)F)CC2)nn1. The molecule has 1 aromatic rings. The molecule has 20 heavy (non-hydrogen) atoms. The second-order valence-electron chi connectivity index (χ2n) is 5.35. The predicted molar refractivity (Wildman–Crippen MR) is 70.8 cm³/mol. The summed E-state index contributed by atoms with van der Waals surface area (Å²) < 4.78 is 36.9. The molecule has 0 saturated carbocycles. The van der Waals surface area contributed by atoms with Gasteiger partial charge >= 0.3 is 6.18 Å². The van der Waals surface area contributed by atoms with Crippen molar-refractivity contribution < 1.29 is 13.2 Å². The summed E-state index contributed by atoms with van der Waals surface area (Å²) in [6.45, 7) is 5.13. The van der Waals surface area contributed by atoms with E-state index < -0.39 is 12.7 Å². The van der Waals surface area contributed by atoms with Crippen molar-refractivity contribution in [2.75, 3.05) is 37.6 Å². The maximum absolute atomic E-state index is 12.3. The van der Waals surface area contributed by atoms with Crippen molar-refractivity contribution in [3.8, 4) is 0 Å². The summed E-state index contributed by atoms with van der Waals surface area (Å²) in [6, 6.07) is 3.82. The van der Waals surface area contributed by atoms with Gasteiger partial charge in [-0.3, -0.25) is 4.90 Å². The van der Waals surface area contributed by atoms with E-state index >= 15 is 0 Å². The van der Waals surface area contributed by atoms with E-state index in [1.54, 1.807) is 0 Å². The summed E-state index contributed by atoms with van der Waals surface area (Å²) in [5.74, 6) is 1.06. The minimum atomic E-state index is -4.12. The van der Waals surface area contributed by atoms with Crippen molar-refractivity contribution in [1.82, 2.24) is 15.1 Å². The average molecular weight is 288 g/mol. The van der Waals surface area contributed by atoms with Gasteiger partial charge in [-0.1, -0.05) is 13.8 Å². The molecule has 1 fully saturated rings. The molecule has 0 radical (unpaired) electrons. The van der Waals surface area contributed by atoms with Crippen LogP contribution in [-0.2, 0) is 0 Å². The normalized spacial score (nSPS) is 17.8. The summed E-state index contributed by atoms with van der Waals surface area (Å²) in [5, 5.41) is 8.30. The number of hydrogen-bond acceptors (Lipinski definition) is 4. The first-order chi connectivity index (χ1) is 9.35. The van der Waals surface area contributed by atoms with E-state index in [0.29, 0.717) is 32.1 Å². The number of halogens is 3. The van der Waals surface area contributed by atoms with Gasteiger partial charge in [0.15, 0.2) is 5.82 Å². The van der Waals surface area contributed by atoms with Crippen LogP contribution in [0.3, 0.4) is 0 Å². The monoisotopic (exact) mass is 288 g/mol. The third-order valence-electron chi connectivity index (χ3n) is 3.36. The van der Waals surface area contributed by atoms with Gasteiger partial charge in [-0.15, -0.1) is 5.10 Å². The van der Waals surface area contributed by atoms with Crippen molar-refractivity contribution in [1.29, 1.82) is 0 Å². The lowest BCUT2D eigenvalue weighted by Gasteiger charge is -2.35. The Morgan fingerprint density at radius 1 is 1.10 bits per heavy atom. The fourth-order valence-corrected chi connectivity index (χ4v) is 2.20. The van der Waals surface area contributed by atoms with Crippen LogP contribution >= 0.6 is 0 Å². The second kappa shape index (κ2) is 5.95. The molecule has 4 nitrogen and oxygen atoms in total. The molecule has 0 unspecified atom stereocenters. The zero-order valence-corrected chi connectivity index (χ0v) is 11.7. The lowest BCUT2D eigenvalue weighted by Crippen LogP contribution is -2.49. The minimum Gasteiger partial charge on any atom is -0.353 e. The summed E-state index contributed by atoms with van der Waals surface area (Å²) in [6.07, 6.45) is -4.12. The van der Waals surface area contributed by atoms with Gasteiger partial charge in [0.2, 0.25) is 0 Å². The highest BCUT2D eigenvalue weighted by Crippen LogP contribution is 2.19. The van der Waals surface area contributed by atoms with Gasteiger partial charge in [-0.2, -0.15) is 18.3 Å². The molecular formula is C13H19F3N4. The molecule has 2 heterocycles. The van der Waals surface area contributed by atoms with E-state index in [-0.39, 0.29) is 0 Å². The Balaban J connectivity index is 1.90. The standard InChI is InChI=1S/C13H19F3N4/c1-10(2)11-3-4-12(18-17-11)20-7-5-19(6-8-20)9-13(14,15)16/h3-4,10H,5-9H2,1-2H3. The first-order valence-electron chi connectivity index (χ1n) is 6.73. The third kappa shape index (κ3) is 4.06. The predicted octanol–water partition coefficient (Wildman–Crippen LogP) is 2.28. The molecule has 2 rings (SSSR count). The quantitative estimate of drug-likeness (QED) is 0.854. The van der Waals surface area contributed by atoms with Gasteiger partial charge in [0.25, 0.3) is 0 Å². The number of nitrogens with zero attached hydrogens (tertiary/aromatic N) is 4. The fourth-order valence-electron chi connectivity index (χ4n) is 2.20. The Kier molecular flexibility index (Phi) is 4.47. The molecule has 112 valence electrons. The first kappa shape index (κ1) is 15.0. The average Bonchev–Trinajstić information content (AvgIpc) is 2.38. The van der Waals surface area contributed by atoms with Crippen LogP contribution in [0.1, 0.15) is 25.5 Å². The summed E-state index contributed by atoms with van der Waals surface area (Å²) in [7, 11) is 0. The largest absolute Gasteiger partial charge is 0.401 e.